The van der Waals surface area contributed by atoms with Crippen LogP contribution in [0.4, 0.5) is 0 Å². The van der Waals surface area contributed by atoms with Gasteiger partial charge in [-0.05, 0) is 0 Å². The number of hydrogen-bond acceptors (Lipinski definition) is 0. The van der Waals surface area contributed by atoms with Crippen LogP contribution in [0.2, 0.25) is 33.8 Å². The van der Waals surface area contributed by atoms with Gasteiger partial charge in [-0.1, -0.05) is 0 Å². The molecule has 0 saturated carbocycles. The summed E-state index contributed by atoms with van der Waals surface area (Å²) < 4.78 is 0. The van der Waals surface area contributed by atoms with Gasteiger partial charge >= 0.3 is 32.7 Å². The van der Waals surface area contributed by atoms with Crippen molar-refractivity contribution in [3.8, 4) is 0 Å². The van der Waals surface area contributed by atoms with Gasteiger partial charge in [0.15, 0.2) is 0 Å². The van der Waals surface area contributed by atoms with Gasteiger partial charge < -0.3 is 0 Å². The Hall–Kier alpha value is 1.17. The van der Waals surface area contributed by atoms with Crippen LogP contribution in [0.15, 0.2) is 0 Å². The molecule has 2 heteroatoms. The van der Waals surface area contributed by atoms with Gasteiger partial charge in [-0.2, -0.15) is 0 Å². The second kappa shape index (κ2) is 8.17. The van der Waals surface area contributed by atoms with Crippen LogP contribution in [-0.2, 0) is 0 Å². The van der Waals surface area contributed by atoms with Crippen molar-refractivity contribution in [2.45, 2.75) is 33.8 Å². The maximum atomic E-state index is 2.35. The Labute approximate surface area is 64.1 Å². The summed E-state index contributed by atoms with van der Waals surface area (Å²) in [5, 5.41) is 0. The molecule has 0 aliphatic carbocycles. The van der Waals surface area contributed by atoms with Gasteiger partial charge in [0.1, 0.15) is 0 Å². The zero-order chi connectivity index (χ0) is 7.15. The van der Waals surface area contributed by atoms with Gasteiger partial charge in [0.2, 0.25) is 0 Å². The summed E-state index contributed by atoms with van der Waals surface area (Å²) in [4.78, 5) is 0. The number of rotatable bonds is 0. The standard InChI is InChI=1S/6CH3.Al.Ga/h6*1H3;;. The Morgan fingerprint density at radius 3 is 0.875 bits per heavy atom. The summed E-state index contributed by atoms with van der Waals surface area (Å²) in [5.74, 6) is 6.92. The van der Waals surface area contributed by atoms with E-state index in [-0.39, 0.29) is 14.1 Å². The Bertz CT molecular complexity index is 24.0. The van der Waals surface area contributed by atoms with Crippen molar-refractivity contribution in [1.29, 1.82) is 0 Å². The van der Waals surface area contributed by atoms with Crippen LogP contribution in [0.25, 0.3) is 0 Å². The van der Waals surface area contributed by atoms with Crippen LogP contribution < -0.4 is 0 Å². The monoisotopic (exact) mass is 186 g/mol. The summed E-state index contributed by atoms with van der Waals surface area (Å²) in [6, 6.07) is 0. The summed E-state index contributed by atoms with van der Waals surface area (Å²) in [6.07, 6.45) is 0. The van der Waals surface area contributed by atoms with E-state index < -0.39 is 16.2 Å². The van der Waals surface area contributed by atoms with Crippen molar-refractivity contribution in [3.05, 3.63) is 0 Å². The Kier molecular flexibility index (Phi) is 12.2. The quantitative estimate of drug-likeness (QED) is 0.511. The molecule has 0 unspecified atom stereocenters. The molecule has 0 aromatic heterocycles. The molecule has 0 nitrogen and oxygen atoms in total. The van der Waals surface area contributed by atoms with Crippen molar-refractivity contribution in [2.24, 2.45) is 0 Å². The third-order valence-electron chi connectivity index (χ3n) is 0. The SMILES string of the molecule is [CH3][Al]([CH3])[CH3].[CH3][Ga]([CH3])[CH3]. The van der Waals surface area contributed by atoms with Crippen molar-refractivity contribution < 1.29 is 0 Å². The summed E-state index contributed by atoms with van der Waals surface area (Å²) >= 11 is -0.618. The minimum atomic E-state index is -0.479. The third kappa shape index (κ3) is 200. The molecule has 0 rings (SSSR count). The van der Waals surface area contributed by atoms with E-state index in [1.165, 1.54) is 0 Å². The van der Waals surface area contributed by atoms with E-state index in [0.29, 0.717) is 0 Å². The van der Waals surface area contributed by atoms with Crippen LogP contribution in [0.1, 0.15) is 0 Å². The van der Waals surface area contributed by atoms with E-state index >= 15 is 0 Å². The van der Waals surface area contributed by atoms with Crippen LogP contribution in [0.3, 0.4) is 0 Å². The zero-order valence-electron chi connectivity index (χ0n) is 7.15. The first kappa shape index (κ1) is 11.9. The molecule has 0 aliphatic rings. The van der Waals surface area contributed by atoms with Gasteiger partial charge in [0.25, 0.3) is 14.1 Å². The fourth-order valence-electron chi connectivity index (χ4n) is 0. The molecule has 0 spiro atoms. The summed E-state index contributed by atoms with van der Waals surface area (Å²) in [7, 11) is 0. The first-order valence-electron chi connectivity index (χ1n) is 3.46. The fraction of sp³-hybridized carbons (Fsp3) is 1.00. The van der Waals surface area contributed by atoms with Gasteiger partial charge in [-0.25, -0.2) is 0 Å². The second-order valence-electron chi connectivity index (χ2n) is 3.46. The van der Waals surface area contributed by atoms with Crippen LogP contribution >= 0.6 is 0 Å². The first-order valence-corrected chi connectivity index (χ1v) is 14.2. The molecule has 0 radical (unpaired) electrons. The predicted octanol–water partition coefficient (Wildman–Crippen LogP) is 2.74. The topological polar surface area (TPSA) is 0 Å². The molecule has 0 heterocycles. The predicted molar refractivity (Wildman–Crippen MR) is 46.7 cm³/mol. The summed E-state index contributed by atoms with van der Waals surface area (Å²) in [6.45, 7) is 0. The molecule has 0 aliphatic heterocycles. The van der Waals surface area contributed by atoms with Gasteiger partial charge in [0.05, 0.1) is 0 Å². The molecule has 0 atom stereocenters. The first-order chi connectivity index (χ1) is 3.46. The molecule has 8 heavy (non-hydrogen) atoms. The van der Waals surface area contributed by atoms with E-state index in [1.54, 1.807) is 0 Å². The molecule has 0 fully saturated rings. The zero-order valence-corrected chi connectivity index (χ0v) is 10.7. The molecule has 0 saturated heterocycles. The van der Waals surface area contributed by atoms with E-state index in [1.807, 2.05) is 0 Å². The Morgan fingerprint density at radius 1 is 0.875 bits per heavy atom. The van der Waals surface area contributed by atoms with E-state index in [2.05, 4.69) is 33.8 Å². The van der Waals surface area contributed by atoms with Crippen molar-refractivity contribution in [1.82, 2.24) is 0 Å². The third-order valence-corrected chi connectivity index (χ3v) is 0. The normalized spacial score (nSPS) is 6.75. The Morgan fingerprint density at radius 2 is 0.875 bits per heavy atom. The fourth-order valence-corrected chi connectivity index (χ4v) is 0. The maximum absolute atomic E-state index is 2.35. The Balaban J connectivity index is 0. The van der Waals surface area contributed by atoms with Gasteiger partial charge in [-0.15, -0.1) is 17.4 Å². The molecule has 48 valence electrons. The van der Waals surface area contributed by atoms with Gasteiger partial charge in [0, 0.05) is 0 Å². The second-order valence-corrected chi connectivity index (χ2v) is 14.2. The average Bonchev–Trinajstić information content (AvgIpc) is 1.25. The molecular weight excluding hydrogens is 169 g/mol. The van der Waals surface area contributed by atoms with E-state index in [0.717, 1.165) is 0 Å². The van der Waals surface area contributed by atoms with Gasteiger partial charge in [-0.3, -0.25) is 0 Å². The van der Waals surface area contributed by atoms with Crippen LogP contribution in [-0.4, -0.2) is 30.4 Å². The molecule has 0 aromatic carbocycles. The van der Waals surface area contributed by atoms with E-state index in [4.69, 9.17) is 0 Å². The van der Waals surface area contributed by atoms with Crippen molar-refractivity contribution >= 4 is 30.4 Å². The van der Waals surface area contributed by atoms with E-state index in [9.17, 15) is 0 Å². The van der Waals surface area contributed by atoms with Crippen molar-refractivity contribution in [2.75, 3.05) is 0 Å². The van der Waals surface area contributed by atoms with Crippen molar-refractivity contribution in [3.63, 3.8) is 0 Å². The molecular formula is C6H18AlGa. The molecule has 0 bridgehead atoms. The van der Waals surface area contributed by atoms with Crippen LogP contribution in [0.5, 0.6) is 0 Å². The molecule has 0 aromatic rings. The summed E-state index contributed by atoms with van der Waals surface area (Å²) in [5.41, 5.74) is 7.06. The number of hydrogen-bond donors (Lipinski definition) is 0. The minimum absolute atomic E-state index is 0.139. The average molecular weight is 187 g/mol. The molecule has 0 amide bonds. The van der Waals surface area contributed by atoms with Crippen LogP contribution in [0, 0.1) is 0 Å². The molecule has 0 N–H and O–H groups in total.